The van der Waals surface area contributed by atoms with E-state index in [2.05, 4.69) is 10.1 Å². The van der Waals surface area contributed by atoms with Gasteiger partial charge in [-0.15, -0.1) is 0 Å². The molecule has 0 fully saturated rings. The Labute approximate surface area is 83.2 Å². The van der Waals surface area contributed by atoms with Crippen molar-refractivity contribution in [3.05, 3.63) is 15.9 Å². The molecule has 0 amide bonds. The van der Waals surface area contributed by atoms with Gasteiger partial charge >= 0.3 is 0 Å². The number of carbonyl (C=O) groups excluding carboxylic acids is 1. The fraction of sp³-hybridized carbons (Fsp3) is 0.286. The molecule has 0 bridgehead atoms. The quantitative estimate of drug-likeness (QED) is 0.718. The van der Waals surface area contributed by atoms with E-state index in [1.54, 1.807) is 0 Å². The standard InChI is InChI=1S/C7H6ClN3OS/c1-2-5-10-11-4(3-12)6(8)9-7(11)13-5/h3H,2H2,1H3. The highest BCUT2D eigenvalue weighted by molar-refractivity contribution is 7.16. The smallest absolute Gasteiger partial charge is 0.214 e. The van der Waals surface area contributed by atoms with Crippen LogP contribution in [0.3, 0.4) is 0 Å². The van der Waals surface area contributed by atoms with E-state index in [1.165, 1.54) is 15.9 Å². The first-order valence-corrected chi connectivity index (χ1v) is 4.94. The van der Waals surface area contributed by atoms with Crippen molar-refractivity contribution in [1.82, 2.24) is 14.6 Å². The van der Waals surface area contributed by atoms with Gasteiger partial charge in [0.05, 0.1) is 0 Å². The van der Waals surface area contributed by atoms with Crippen LogP contribution in [-0.4, -0.2) is 20.9 Å². The SMILES string of the molecule is CCc1nn2c(C=O)c(Cl)nc2s1. The second-order valence-electron chi connectivity index (χ2n) is 2.45. The van der Waals surface area contributed by atoms with Crippen LogP contribution in [0.4, 0.5) is 0 Å². The Hall–Kier alpha value is -0.940. The van der Waals surface area contributed by atoms with Gasteiger partial charge in [0.2, 0.25) is 4.96 Å². The maximum Gasteiger partial charge on any atom is 0.214 e. The number of rotatable bonds is 2. The summed E-state index contributed by atoms with van der Waals surface area (Å²) < 4.78 is 1.48. The number of aryl methyl sites for hydroxylation is 1. The molecule has 0 spiro atoms. The lowest BCUT2D eigenvalue weighted by Gasteiger charge is -1.85. The third-order valence-electron chi connectivity index (χ3n) is 1.65. The molecule has 68 valence electrons. The van der Waals surface area contributed by atoms with Gasteiger partial charge in [0, 0.05) is 0 Å². The molecular formula is C7H6ClN3OS. The summed E-state index contributed by atoms with van der Waals surface area (Å²) in [5.41, 5.74) is 0.326. The number of nitrogens with zero attached hydrogens (tertiary/aromatic N) is 3. The Bertz CT molecular complexity index is 461. The molecule has 0 saturated carbocycles. The summed E-state index contributed by atoms with van der Waals surface area (Å²) in [7, 11) is 0. The number of aldehydes is 1. The Morgan fingerprint density at radius 1 is 1.69 bits per heavy atom. The van der Waals surface area contributed by atoms with E-state index in [0.717, 1.165) is 11.4 Å². The van der Waals surface area contributed by atoms with Crippen molar-refractivity contribution in [1.29, 1.82) is 0 Å². The summed E-state index contributed by atoms with van der Waals surface area (Å²) >= 11 is 7.15. The fourth-order valence-electron chi connectivity index (χ4n) is 1.02. The largest absolute Gasteiger partial charge is 0.296 e. The van der Waals surface area contributed by atoms with E-state index in [1.807, 2.05) is 6.92 Å². The molecule has 0 atom stereocenters. The van der Waals surface area contributed by atoms with Gasteiger partial charge < -0.3 is 0 Å². The van der Waals surface area contributed by atoms with Crippen LogP contribution in [0.5, 0.6) is 0 Å². The average molecular weight is 216 g/mol. The fourth-order valence-corrected chi connectivity index (χ4v) is 2.12. The Morgan fingerprint density at radius 3 is 3.08 bits per heavy atom. The van der Waals surface area contributed by atoms with Crippen molar-refractivity contribution in [2.75, 3.05) is 0 Å². The molecule has 0 aliphatic rings. The average Bonchev–Trinajstić information content (AvgIpc) is 2.60. The zero-order chi connectivity index (χ0) is 9.42. The maximum absolute atomic E-state index is 10.6. The van der Waals surface area contributed by atoms with Crippen LogP contribution in [0.2, 0.25) is 5.15 Å². The zero-order valence-corrected chi connectivity index (χ0v) is 8.39. The van der Waals surface area contributed by atoms with Gasteiger partial charge in [-0.3, -0.25) is 4.79 Å². The second-order valence-corrected chi connectivity index (χ2v) is 3.85. The third-order valence-corrected chi connectivity index (χ3v) is 2.98. The van der Waals surface area contributed by atoms with E-state index in [0.29, 0.717) is 16.9 Å². The zero-order valence-electron chi connectivity index (χ0n) is 6.82. The van der Waals surface area contributed by atoms with Crippen LogP contribution >= 0.6 is 22.9 Å². The van der Waals surface area contributed by atoms with Crippen molar-refractivity contribution in [3.63, 3.8) is 0 Å². The van der Waals surface area contributed by atoms with E-state index < -0.39 is 0 Å². The summed E-state index contributed by atoms with van der Waals surface area (Å²) in [5, 5.41) is 5.35. The van der Waals surface area contributed by atoms with Crippen LogP contribution in [-0.2, 0) is 6.42 Å². The van der Waals surface area contributed by atoms with Gasteiger partial charge in [-0.2, -0.15) is 9.61 Å². The van der Waals surface area contributed by atoms with Crippen LogP contribution in [0.1, 0.15) is 22.4 Å². The number of halogens is 1. The normalized spacial score (nSPS) is 10.9. The molecule has 0 radical (unpaired) electrons. The Kier molecular flexibility index (Phi) is 2.05. The van der Waals surface area contributed by atoms with Crippen LogP contribution < -0.4 is 0 Å². The number of aromatic nitrogens is 3. The van der Waals surface area contributed by atoms with E-state index in [4.69, 9.17) is 11.6 Å². The molecule has 4 nitrogen and oxygen atoms in total. The van der Waals surface area contributed by atoms with Crippen molar-refractivity contribution in [3.8, 4) is 0 Å². The Morgan fingerprint density at radius 2 is 2.46 bits per heavy atom. The molecular weight excluding hydrogens is 210 g/mol. The highest BCUT2D eigenvalue weighted by atomic mass is 35.5. The first-order chi connectivity index (χ1) is 6.26. The molecule has 2 heterocycles. The highest BCUT2D eigenvalue weighted by Gasteiger charge is 2.13. The minimum Gasteiger partial charge on any atom is -0.296 e. The van der Waals surface area contributed by atoms with Gasteiger partial charge in [-0.05, 0) is 6.42 Å². The molecule has 0 aliphatic carbocycles. The Balaban J connectivity index is 2.73. The predicted octanol–water partition coefficient (Wildman–Crippen LogP) is 1.82. The van der Waals surface area contributed by atoms with Crippen molar-refractivity contribution in [2.45, 2.75) is 13.3 Å². The predicted molar refractivity (Wildman–Crippen MR) is 50.6 cm³/mol. The number of hydrogen-bond donors (Lipinski definition) is 0. The summed E-state index contributed by atoms with van der Waals surface area (Å²) in [4.78, 5) is 15.3. The van der Waals surface area contributed by atoms with Crippen molar-refractivity contribution in [2.24, 2.45) is 0 Å². The molecule has 2 rings (SSSR count). The molecule has 2 aromatic rings. The van der Waals surface area contributed by atoms with Gasteiger partial charge in [0.1, 0.15) is 10.7 Å². The van der Waals surface area contributed by atoms with E-state index in [9.17, 15) is 4.79 Å². The topological polar surface area (TPSA) is 47.3 Å². The van der Waals surface area contributed by atoms with Crippen LogP contribution in [0.15, 0.2) is 0 Å². The van der Waals surface area contributed by atoms with Gasteiger partial charge in [-0.25, -0.2) is 4.98 Å². The highest BCUT2D eigenvalue weighted by Crippen LogP contribution is 2.20. The van der Waals surface area contributed by atoms with Crippen molar-refractivity contribution >= 4 is 34.2 Å². The van der Waals surface area contributed by atoms with Crippen LogP contribution in [0, 0.1) is 0 Å². The summed E-state index contributed by atoms with van der Waals surface area (Å²) in [6.07, 6.45) is 1.51. The van der Waals surface area contributed by atoms with Gasteiger partial charge in [-0.1, -0.05) is 29.9 Å². The molecule has 0 N–H and O–H groups in total. The number of hydrogen-bond acceptors (Lipinski definition) is 4. The van der Waals surface area contributed by atoms with E-state index in [-0.39, 0.29) is 5.15 Å². The molecule has 13 heavy (non-hydrogen) atoms. The molecule has 2 aromatic heterocycles. The minimum absolute atomic E-state index is 0.219. The molecule has 0 aromatic carbocycles. The van der Waals surface area contributed by atoms with Gasteiger partial charge in [0.25, 0.3) is 0 Å². The maximum atomic E-state index is 10.6. The first kappa shape index (κ1) is 8.65. The third kappa shape index (κ3) is 1.24. The second kappa shape index (κ2) is 3.08. The molecule has 0 saturated heterocycles. The number of carbonyl (C=O) groups is 1. The van der Waals surface area contributed by atoms with E-state index >= 15 is 0 Å². The summed E-state index contributed by atoms with van der Waals surface area (Å²) in [6.45, 7) is 2.00. The van der Waals surface area contributed by atoms with Gasteiger partial charge in [0.15, 0.2) is 11.4 Å². The first-order valence-electron chi connectivity index (χ1n) is 3.75. The lowest BCUT2D eigenvalue weighted by atomic mass is 10.5. The lowest BCUT2D eigenvalue weighted by molar-refractivity contribution is 0.111. The number of fused-ring (bicyclic) bond motifs is 1. The molecule has 6 heteroatoms. The monoisotopic (exact) mass is 215 g/mol. The molecule has 0 unspecified atom stereocenters. The number of imidazole rings is 1. The van der Waals surface area contributed by atoms with Crippen molar-refractivity contribution < 1.29 is 4.79 Å². The lowest BCUT2D eigenvalue weighted by Crippen LogP contribution is -1.92. The van der Waals surface area contributed by atoms with Crippen LogP contribution in [0.25, 0.3) is 4.96 Å². The molecule has 0 aliphatic heterocycles. The minimum atomic E-state index is 0.219. The summed E-state index contributed by atoms with van der Waals surface area (Å²) in [6, 6.07) is 0. The summed E-state index contributed by atoms with van der Waals surface area (Å²) in [5.74, 6) is 0.